The first-order valence-electron chi connectivity index (χ1n) is 9.15. The van der Waals surface area contributed by atoms with Gasteiger partial charge >= 0.3 is 0 Å². The number of nitrogens with zero attached hydrogens (tertiary/aromatic N) is 2. The molecule has 0 amide bonds. The van der Waals surface area contributed by atoms with Crippen molar-refractivity contribution < 1.29 is 13.2 Å². The molecule has 0 saturated carbocycles. The number of ether oxygens (including phenoxy) is 1. The van der Waals surface area contributed by atoms with Gasteiger partial charge in [0, 0.05) is 25.7 Å². The molecule has 140 valence electrons. The molecule has 3 rings (SSSR count). The van der Waals surface area contributed by atoms with Crippen molar-refractivity contribution in [3.8, 4) is 0 Å². The van der Waals surface area contributed by atoms with Crippen molar-refractivity contribution in [1.82, 2.24) is 13.9 Å². The van der Waals surface area contributed by atoms with E-state index in [9.17, 15) is 8.42 Å². The lowest BCUT2D eigenvalue weighted by molar-refractivity contribution is -0.0444. The fraction of sp³-hybridized carbons (Fsp3) is 0.667. The first kappa shape index (κ1) is 18.8. The first-order valence-corrected chi connectivity index (χ1v) is 10.6. The normalized spacial score (nSPS) is 27.4. The number of benzene rings is 1. The Morgan fingerprint density at radius 1 is 1.12 bits per heavy atom. The van der Waals surface area contributed by atoms with Crippen molar-refractivity contribution in [3.05, 3.63) is 35.9 Å². The highest BCUT2D eigenvalue weighted by atomic mass is 32.2. The summed E-state index contributed by atoms with van der Waals surface area (Å²) in [5.74, 6) is 0. The molecule has 0 bridgehead atoms. The van der Waals surface area contributed by atoms with E-state index >= 15 is 0 Å². The zero-order valence-electron chi connectivity index (χ0n) is 15.1. The zero-order chi connectivity index (χ0) is 17.9. The molecule has 0 aromatic heterocycles. The standard InChI is InChI=1S/C18H29N3O3S/c1-15-13-21(14-16(2)24-15)25(22,23)19-12-18(20-10-6-7-11-20)17-8-4-3-5-9-17/h3-5,8-9,15-16,18-19H,6-7,10-14H2,1-2H3. The van der Waals surface area contributed by atoms with Gasteiger partial charge in [-0.3, -0.25) is 4.90 Å². The van der Waals surface area contributed by atoms with Crippen LogP contribution in [0.5, 0.6) is 0 Å². The summed E-state index contributed by atoms with van der Waals surface area (Å²) < 4.78 is 35.5. The van der Waals surface area contributed by atoms with E-state index in [0.29, 0.717) is 19.6 Å². The Bertz CT molecular complexity index is 637. The average Bonchev–Trinajstić information content (AvgIpc) is 3.09. The van der Waals surface area contributed by atoms with E-state index in [0.717, 1.165) is 18.7 Å². The summed E-state index contributed by atoms with van der Waals surface area (Å²) in [6.07, 6.45) is 2.19. The van der Waals surface area contributed by atoms with Crippen molar-refractivity contribution in [2.24, 2.45) is 0 Å². The van der Waals surface area contributed by atoms with Crippen LogP contribution in [-0.4, -0.2) is 62.6 Å². The summed E-state index contributed by atoms with van der Waals surface area (Å²) in [5, 5.41) is 0. The fourth-order valence-corrected chi connectivity index (χ4v) is 5.15. The molecule has 6 nitrogen and oxygen atoms in total. The molecule has 0 radical (unpaired) electrons. The third kappa shape index (κ3) is 4.80. The maximum absolute atomic E-state index is 12.8. The predicted molar refractivity (Wildman–Crippen MR) is 98.5 cm³/mol. The second-order valence-corrected chi connectivity index (χ2v) is 8.85. The Kier molecular flexibility index (Phi) is 6.12. The highest BCUT2D eigenvalue weighted by Crippen LogP contribution is 2.25. The van der Waals surface area contributed by atoms with Gasteiger partial charge in [-0.1, -0.05) is 30.3 Å². The minimum atomic E-state index is -3.51. The van der Waals surface area contributed by atoms with Crippen LogP contribution < -0.4 is 4.72 Å². The molecule has 2 aliphatic heterocycles. The van der Waals surface area contributed by atoms with Crippen molar-refractivity contribution in [1.29, 1.82) is 0 Å². The lowest BCUT2D eigenvalue weighted by Crippen LogP contribution is -2.52. The predicted octanol–water partition coefficient (Wildman–Crippen LogP) is 1.77. The largest absolute Gasteiger partial charge is 0.373 e. The first-order chi connectivity index (χ1) is 12.0. The summed E-state index contributed by atoms with van der Waals surface area (Å²) in [7, 11) is -3.51. The molecule has 7 heteroatoms. The Morgan fingerprint density at radius 3 is 2.32 bits per heavy atom. The molecule has 3 unspecified atom stereocenters. The van der Waals surface area contributed by atoms with E-state index in [1.807, 2.05) is 32.0 Å². The fourth-order valence-electron chi connectivity index (χ4n) is 3.79. The minimum absolute atomic E-state index is 0.0781. The topological polar surface area (TPSA) is 61.9 Å². The van der Waals surface area contributed by atoms with E-state index in [2.05, 4.69) is 21.8 Å². The van der Waals surface area contributed by atoms with E-state index in [1.165, 1.54) is 17.1 Å². The van der Waals surface area contributed by atoms with Gasteiger partial charge in [-0.05, 0) is 45.3 Å². The van der Waals surface area contributed by atoms with Crippen molar-refractivity contribution >= 4 is 10.2 Å². The van der Waals surface area contributed by atoms with Crippen LogP contribution in [0.2, 0.25) is 0 Å². The third-order valence-corrected chi connectivity index (χ3v) is 6.46. The van der Waals surface area contributed by atoms with Gasteiger partial charge < -0.3 is 4.74 Å². The van der Waals surface area contributed by atoms with Crippen molar-refractivity contribution in [2.75, 3.05) is 32.7 Å². The molecule has 25 heavy (non-hydrogen) atoms. The van der Waals surface area contributed by atoms with Crippen molar-refractivity contribution in [3.63, 3.8) is 0 Å². The van der Waals surface area contributed by atoms with Gasteiger partial charge in [-0.25, -0.2) is 4.72 Å². The minimum Gasteiger partial charge on any atom is -0.373 e. The van der Waals surface area contributed by atoms with Gasteiger partial charge in [0.1, 0.15) is 0 Å². The van der Waals surface area contributed by atoms with Crippen LogP contribution >= 0.6 is 0 Å². The smallest absolute Gasteiger partial charge is 0.279 e. The Hall–Kier alpha value is -0.990. The number of nitrogens with one attached hydrogen (secondary N) is 1. The molecule has 1 aromatic carbocycles. The molecule has 2 aliphatic rings. The summed E-state index contributed by atoms with van der Waals surface area (Å²) in [6.45, 7) is 7.06. The molecule has 1 N–H and O–H groups in total. The monoisotopic (exact) mass is 367 g/mol. The van der Waals surface area contributed by atoms with Crippen LogP contribution in [0.3, 0.4) is 0 Å². The second kappa shape index (κ2) is 8.14. The molecular weight excluding hydrogens is 338 g/mol. The molecule has 2 heterocycles. The van der Waals surface area contributed by atoms with Gasteiger partial charge in [0.25, 0.3) is 10.2 Å². The summed E-state index contributed by atoms with van der Waals surface area (Å²) in [5.41, 5.74) is 1.16. The summed E-state index contributed by atoms with van der Waals surface area (Å²) >= 11 is 0. The Balaban J connectivity index is 1.69. The highest BCUT2D eigenvalue weighted by Gasteiger charge is 2.32. The Labute approximate surface area is 151 Å². The van der Waals surface area contributed by atoms with Gasteiger partial charge in [0.15, 0.2) is 0 Å². The van der Waals surface area contributed by atoms with Crippen LogP contribution in [0.15, 0.2) is 30.3 Å². The molecule has 0 aliphatic carbocycles. The quantitative estimate of drug-likeness (QED) is 0.832. The lowest BCUT2D eigenvalue weighted by atomic mass is 10.1. The number of likely N-dealkylation sites (tertiary alicyclic amines) is 1. The number of hydrogen-bond donors (Lipinski definition) is 1. The summed E-state index contributed by atoms with van der Waals surface area (Å²) in [6, 6.07) is 10.3. The molecule has 0 spiro atoms. The van der Waals surface area contributed by atoms with Crippen molar-refractivity contribution in [2.45, 2.75) is 44.9 Å². The van der Waals surface area contributed by atoms with Crippen LogP contribution in [0, 0.1) is 0 Å². The van der Waals surface area contributed by atoms with E-state index < -0.39 is 10.2 Å². The second-order valence-electron chi connectivity index (χ2n) is 7.10. The van der Waals surface area contributed by atoms with E-state index in [4.69, 9.17) is 4.74 Å². The maximum Gasteiger partial charge on any atom is 0.279 e. The van der Waals surface area contributed by atoms with Crippen LogP contribution in [-0.2, 0) is 14.9 Å². The molecule has 3 atom stereocenters. The van der Waals surface area contributed by atoms with Gasteiger partial charge in [0.05, 0.1) is 12.2 Å². The van der Waals surface area contributed by atoms with Crippen LogP contribution in [0.25, 0.3) is 0 Å². The summed E-state index contributed by atoms with van der Waals surface area (Å²) in [4.78, 5) is 2.38. The molecule has 1 aromatic rings. The van der Waals surface area contributed by atoms with E-state index in [1.54, 1.807) is 0 Å². The number of morpholine rings is 1. The third-order valence-electron chi connectivity index (χ3n) is 4.95. The molecule has 2 saturated heterocycles. The zero-order valence-corrected chi connectivity index (χ0v) is 15.9. The van der Waals surface area contributed by atoms with Gasteiger partial charge in [0.2, 0.25) is 0 Å². The van der Waals surface area contributed by atoms with Gasteiger partial charge in [-0.2, -0.15) is 12.7 Å². The van der Waals surface area contributed by atoms with Crippen LogP contribution in [0.1, 0.15) is 38.3 Å². The van der Waals surface area contributed by atoms with E-state index in [-0.39, 0.29) is 18.2 Å². The number of hydrogen-bond acceptors (Lipinski definition) is 4. The van der Waals surface area contributed by atoms with Crippen LogP contribution in [0.4, 0.5) is 0 Å². The molecule has 2 fully saturated rings. The van der Waals surface area contributed by atoms with Gasteiger partial charge in [-0.15, -0.1) is 0 Å². The number of rotatable bonds is 6. The SMILES string of the molecule is CC1CN(S(=O)(=O)NCC(c2ccccc2)N2CCCC2)CC(C)O1. The average molecular weight is 368 g/mol. The Morgan fingerprint density at radius 2 is 1.72 bits per heavy atom. The highest BCUT2D eigenvalue weighted by molar-refractivity contribution is 7.87. The lowest BCUT2D eigenvalue weighted by Gasteiger charge is -2.35. The molecular formula is C18H29N3O3S. The maximum atomic E-state index is 12.8.